The number of rotatable bonds is 6. The number of hydrogen-bond acceptors (Lipinski definition) is 3. The molecule has 0 amide bonds. The van der Waals surface area contributed by atoms with Gasteiger partial charge in [-0.15, -0.1) is 0 Å². The van der Waals surface area contributed by atoms with Gasteiger partial charge in [0.25, 0.3) is 0 Å². The van der Waals surface area contributed by atoms with Gasteiger partial charge in [0.15, 0.2) is 0 Å². The second-order valence-corrected chi connectivity index (χ2v) is 9.15. The van der Waals surface area contributed by atoms with Crippen molar-refractivity contribution in [2.75, 3.05) is 7.11 Å². The van der Waals surface area contributed by atoms with Crippen molar-refractivity contribution in [1.29, 1.82) is 0 Å². The van der Waals surface area contributed by atoms with E-state index in [-0.39, 0.29) is 17.0 Å². The van der Waals surface area contributed by atoms with E-state index in [1.54, 1.807) is 31.2 Å². The molecule has 38 heavy (non-hydrogen) atoms. The Hall–Kier alpha value is -3.73. The molecule has 11 heteroatoms. The van der Waals surface area contributed by atoms with Crippen LogP contribution < -0.4 is 4.74 Å². The number of nitrogens with zero attached hydrogens (tertiary/aromatic N) is 1. The highest BCUT2D eigenvalue weighted by Gasteiger charge is 2.32. The van der Waals surface area contributed by atoms with Gasteiger partial charge >= 0.3 is 12.1 Å². The van der Waals surface area contributed by atoms with Gasteiger partial charge in [-0.25, -0.2) is 18.0 Å². The average Bonchev–Trinajstić information content (AvgIpc) is 3.23. The number of methoxy groups -OCH3 is 1. The van der Waals surface area contributed by atoms with Crippen LogP contribution in [-0.2, 0) is 17.5 Å². The molecule has 0 bridgehead atoms. The maximum Gasteiger partial charge on any atom is 0.416 e. The topological polar surface area (TPSA) is 40.5 Å². The number of carbonyl (C=O) groups is 1. The quantitative estimate of drug-likeness (QED) is 0.167. The Kier molecular flexibility index (Phi) is 7.59. The van der Waals surface area contributed by atoms with Crippen LogP contribution in [0.3, 0.4) is 0 Å². The summed E-state index contributed by atoms with van der Waals surface area (Å²) in [5.74, 6) is -4.12. The first-order valence-corrected chi connectivity index (χ1v) is 11.7. The lowest BCUT2D eigenvalue weighted by atomic mass is 10.1. The Morgan fingerprint density at radius 3 is 2.26 bits per heavy atom. The molecule has 1 heterocycles. The summed E-state index contributed by atoms with van der Waals surface area (Å²) in [5.41, 5.74) is -0.559. The van der Waals surface area contributed by atoms with E-state index in [1.807, 2.05) is 0 Å². The molecule has 3 aromatic carbocycles. The zero-order valence-corrected chi connectivity index (χ0v) is 21.4. The summed E-state index contributed by atoms with van der Waals surface area (Å²) < 4.78 is 95.0. The first kappa shape index (κ1) is 27.3. The monoisotopic (exact) mass is 597 g/mol. The van der Waals surface area contributed by atoms with Crippen molar-refractivity contribution in [3.05, 3.63) is 105 Å². The van der Waals surface area contributed by atoms with E-state index in [0.717, 1.165) is 13.2 Å². The predicted octanol–water partition coefficient (Wildman–Crippen LogP) is 8.02. The Bertz CT molecular complexity index is 1510. The highest BCUT2D eigenvalue weighted by Crippen LogP contribution is 2.38. The molecule has 0 radical (unpaired) electrons. The molecule has 4 rings (SSSR count). The Labute approximate surface area is 221 Å². The van der Waals surface area contributed by atoms with Crippen LogP contribution in [0.4, 0.5) is 26.3 Å². The molecule has 0 unspecified atom stereocenters. The third kappa shape index (κ3) is 5.57. The number of aromatic nitrogens is 1. The van der Waals surface area contributed by atoms with Crippen molar-refractivity contribution in [3.8, 4) is 22.7 Å². The van der Waals surface area contributed by atoms with E-state index < -0.39 is 47.3 Å². The van der Waals surface area contributed by atoms with Crippen molar-refractivity contribution < 1.29 is 40.6 Å². The van der Waals surface area contributed by atoms with Crippen molar-refractivity contribution in [1.82, 2.24) is 4.57 Å². The number of halogens is 7. The summed E-state index contributed by atoms with van der Waals surface area (Å²) in [4.78, 5) is 12.1. The second kappa shape index (κ2) is 10.6. The van der Waals surface area contributed by atoms with Crippen LogP contribution in [0.2, 0.25) is 0 Å². The van der Waals surface area contributed by atoms with Crippen molar-refractivity contribution in [3.63, 3.8) is 0 Å². The minimum absolute atomic E-state index is 0.0271. The third-order valence-corrected chi connectivity index (χ3v) is 6.19. The standard InChI is InChI=1S/C27H18BrF6NO3/c1-14-3-5-24(35(14)19-8-15(26(36)37-2)7-16(9-19)27(32,33)34)20-10-17(28)4-6-25(20)38-13-21-22(30)11-18(29)12-23(21)31/h3-12H,13H2,1-2H3. The van der Waals surface area contributed by atoms with Gasteiger partial charge in [-0.2, -0.15) is 13.2 Å². The molecule has 4 nitrogen and oxygen atoms in total. The highest BCUT2D eigenvalue weighted by atomic mass is 79.9. The highest BCUT2D eigenvalue weighted by molar-refractivity contribution is 9.10. The smallest absolute Gasteiger partial charge is 0.416 e. The van der Waals surface area contributed by atoms with E-state index in [1.165, 1.54) is 16.7 Å². The lowest BCUT2D eigenvalue weighted by Crippen LogP contribution is -2.11. The molecule has 0 fully saturated rings. The van der Waals surface area contributed by atoms with Gasteiger partial charge < -0.3 is 14.0 Å². The first-order chi connectivity index (χ1) is 17.9. The SMILES string of the molecule is COC(=O)c1cc(-n2c(C)ccc2-c2cc(Br)ccc2OCc2c(F)cc(F)cc2F)cc(C(F)(F)F)c1. The van der Waals surface area contributed by atoms with Crippen LogP contribution in [0.5, 0.6) is 5.75 Å². The summed E-state index contributed by atoms with van der Waals surface area (Å²) in [6.07, 6.45) is -4.74. The Balaban J connectivity index is 1.84. The summed E-state index contributed by atoms with van der Waals surface area (Å²) in [6, 6.07) is 11.9. The molecule has 198 valence electrons. The predicted molar refractivity (Wildman–Crippen MR) is 131 cm³/mol. The van der Waals surface area contributed by atoms with Gasteiger partial charge in [0.2, 0.25) is 0 Å². The van der Waals surface area contributed by atoms with Crippen LogP contribution in [0.15, 0.2) is 65.1 Å². The number of hydrogen-bond donors (Lipinski definition) is 0. The molecule has 0 atom stereocenters. The van der Waals surface area contributed by atoms with Gasteiger partial charge in [0.05, 0.1) is 29.5 Å². The molecule has 0 N–H and O–H groups in total. The number of aryl methyl sites for hydroxylation is 1. The van der Waals surface area contributed by atoms with Crippen LogP contribution >= 0.6 is 15.9 Å². The molecule has 0 aliphatic heterocycles. The van der Waals surface area contributed by atoms with Crippen molar-refractivity contribution in [2.24, 2.45) is 0 Å². The molecule has 0 spiro atoms. The average molecular weight is 598 g/mol. The van der Waals surface area contributed by atoms with E-state index >= 15 is 0 Å². The van der Waals surface area contributed by atoms with Crippen LogP contribution in [0.1, 0.15) is 27.2 Å². The van der Waals surface area contributed by atoms with E-state index in [0.29, 0.717) is 39.6 Å². The molecular formula is C27H18BrF6NO3. The first-order valence-electron chi connectivity index (χ1n) is 10.9. The maximum atomic E-state index is 14.2. The van der Waals surface area contributed by atoms with Crippen LogP contribution in [-0.4, -0.2) is 17.6 Å². The Morgan fingerprint density at radius 2 is 1.63 bits per heavy atom. The van der Waals surface area contributed by atoms with Crippen molar-refractivity contribution >= 4 is 21.9 Å². The van der Waals surface area contributed by atoms with Gasteiger partial charge in [-0.1, -0.05) is 15.9 Å². The van der Waals surface area contributed by atoms with Gasteiger partial charge in [-0.3, -0.25) is 0 Å². The number of ether oxygens (including phenoxy) is 2. The fourth-order valence-electron chi connectivity index (χ4n) is 3.92. The Morgan fingerprint density at radius 1 is 0.947 bits per heavy atom. The van der Waals surface area contributed by atoms with Gasteiger partial charge in [-0.05, 0) is 55.5 Å². The zero-order valence-electron chi connectivity index (χ0n) is 19.8. The minimum atomic E-state index is -4.74. The minimum Gasteiger partial charge on any atom is -0.488 e. The lowest BCUT2D eigenvalue weighted by molar-refractivity contribution is -0.137. The fraction of sp³-hybridized carbons (Fsp3) is 0.148. The molecular weight excluding hydrogens is 580 g/mol. The van der Waals surface area contributed by atoms with Crippen molar-refractivity contribution in [2.45, 2.75) is 19.7 Å². The van der Waals surface area contributed by atoms with E-state index in [2.05, 4.69) is 20.7 Å². The molecule has 1 aromatic heterocycles. The van der Waals surface area contributed by atoms with Crippen LogP contribution in [0, 0.1) is 24.4 Å². The summed E-state index contributed by atoms with van der Waals surface area (Å²) in [5, 5.41) is 0. The number of carbonyl (C=O) groups excluding carboxylic acids is 1. The number of esters is 1. The molecule has 4 aromatic rings. The van der Waals surface area contributed by atoms with Crippen LogP contribution in [0.25, 0.3) is 16.9 Å². The molecule has 0 saturated carbocycles. The zero-order chi connectivity index (χ0) is 27.8. The molecule has 0 saturated heterocycles. The van der Waals surface area contributed by atoms with E-state index in [9.17, 15) is 31.1 Å². The third-order valence-electron chi connectivity index (χ3n) is 5.70. The lowest BCUT2D eigenvalue weighted by Gasteiger charge is -2.18. The summed E-state index contributed by atoms with van der Waals surface area (Å²) in [7, 11) is 1.06. The van der Waals surface area contributed by atoms with E-state index in [4.69, 9.17) is 4.74 Å². The second-order valence-electron chi connectivity index (χ2n) is 8.23. The largest absolute Gasteiger partial charge is 0.488 e. The molecule has 0 aliphatic rings. The summed E-state index contributed by atoms with van der Waals surface area (Å²) >= 11 is 3.35. The maximum absolute atomic E-state index is 14.2. The fourth-order valence-corrected chi connectivity index (χ4v) is 4.28. The molecule has 0 aliphatic carbocycles. The number of alkyl halides is 3. The number of benzene rings is 3. The normalized spacial score (nSPS) is 11.5. The van der Waals surface area contributed by atoms with Gasteiger partial charge in [0, 0.05) is 33.6 Å². The van der Waals surface area contributed by atoms with Gasteiger partial charge in [0.1, 0.15) is 29.8 Å². The summed E-state index contributed by atoms with van der Waals surface area (Å²) in [6.45, 7) is 1.08.